The average Bonchev–Trinajstić information content (AvgIpc) is 2.91. The third kappa shape index (κ3) is 6.04. The monoisotopic (exact) mass is 580 g/mol. The molecular weight excluding hydrogens is 543 g/mol. The summed E-state index contributed by atoms with van der Waals surface area (Å²) in [6.07, 6.45) is 2.26. The molecule has 3 aromatic rings. The third-order valence-corrected chi connectivity index (χ3v) is 7.62. The number of nitrogen functional groups attached to an aromatic ring is 1. The Hall–Kier alpha value is -3.63. The van der Waals surface area contributed by atoms with E-state index in [2.05, 4.69) is 33.7 Å². The number of likely N-dealkylation sites (N-methyl/N-ethyl adjacent to an activating group) is 1. The quantitative estimate of drug-likeness (QED) is 0.171. The number of hydrogen-bond acceptors (Lipinski definition) is 7. The Kier molecular flexibility index (Phi) is 9.24. The number of carbonyl (C=O) groups excluding carboxylic acids is 1. The van der Waals surface area contributed by atoms with Crippen molar-refractivity contribution in [1.29, 1.82) is 0 Å². The van der Waals surface area contributed by atoms with Crippen molar-refractivity contribution >= 4 is 41.0 Å². The SMILES string of the molecule is C/N=C(\c1cc(Cl)c(-c2ccc(F)cc2N)nc1N(C=O)c1c(C(C)C)ncnc1C(C)C)N1CCN(C)CC1C. The van der Waals surface area contributed by atoms with Crippen LogP contribution >= 0.6 is 11.6 Å². The van der Waals surface area contributed by atoms with E-state index in [4.69, 9.17) is 27.3 Å². The van der Waals surface area contributed by atoms with Gasteiger partial charge in [-0.3, -0.25) is 14.7 Å². The molecule has 1 fully saturated rings. The minimum Gasteiger partial charge on any atom is -0.398 e. The molecule has 41 heavy (non-hydrogen) atoms. The summed E-state index contributed by atoms with van der Waals surface area (Å²) in [7, 11) is 3.81. The molecule has 1 aromatic carbocycles. The molecule has 1 amide bonds. The second-order valence-electron chi connectivity index (χ2n) is 11.1. The van der Waals surface area contributed by atoms with Crippen LogP contribution < -0.4 is 10.6 Å². The molecule has 1 aliphatic heterocycles. The van der Waals surface area contributed by atoms with Crippen LogP contribution in [0, 0.1) is 5.82 Å². The summed E-state index contributed by atoms with van der Waals surface area (Å²) in [5.41, 5.74) is 9.75. The molecule has 0 radical (unpaired) electrons. The fraction of sp³-hybridized carbons (Fsp3) is 0.433. The Bertz CT molecular complexity index is 1430. The molecule has 1 atom stereocenters. The van der Waals surface area contributed by atoms with Crippen molar-refractivity contribution in [1.82, 2.24) is 24.8 Å². The maximum Gasteiger partial charge on any atom is 0.220 e. The van der Waals surface area contributed by atoms with Gasteiger partial charge in [-0.05, 0) is 50.1 Å². The van der Waals surface area contributed by atoms with Crippen LogP contribution in [0.5, 0.6) is 0 Å². The summed E-state index contributed by atoms with van der Waals surface area (Å²) in [5.74, 6) is 0.492. The largest absolute Gasteiger partial charge is 0.398 e. The van der Waals surface area contributed by atoms with Gasteiger partial charge in [-0.15, -0.1) is 0 Å². The molecule has 0 saturated carbocycles. The Morgan fingerprint density at radius 2 is 1.83 bits per heavy atom. The fourth-order valence-electron chi connectivity index (χ4n) is 5.33. The van der Waals surface area contributed by atoms with Crippen LogP contribution in [0.3, 0.4) is 0 Å². The van der Waals surface area contributed by atoms with Gasteiger partial charge in [0.15, 0.2) is 5.82 Å². The summed E-state index contributed by atoms with van der Waals surface area (Å²) in [6.45, 7) is 12.6. The Morgan fingerprint density at radius 3 is 2.37 bits per heavy atom. The van der Waals surface area contributed by atoms with Crippen LogP contribution in [-0.2, 0) is 4.79 Å². The van der Waals surface area contributed by atoms with Gasteiger partial charge in [-0.2, -0.15) is 0 Å². The summed E-state index contributed by atoms with van der Waals surface area (Å²) in [5, 5.41) is 0.299. The molecular formula is C30H38ClFN8O. The molecule has 3 heterocycles. The van der Waals surface area contributed by atoms with Gasteiger partial charge >= 0.3 is 0 Å². The van der Waals surface area contributed by atoms with Crippen molar-refractivity contribution in [3.8, 4) is 11.3 Å². The van der Waals surface area contributed by atoms with E-state index in [-0.39, 0.29) is 23.6 Å². The number of nitrogens with two attached hydrogens (primary N) is 1. The van der Waals surface area contributed by atoms with Crippen molar-refractivity contribution in [2.24, 2.45) is 4.99 Å². The molecule has 1 aliphatic rings. The van der Waals surface area contributed by atoms with Crippen molar-refractivity contribution in [3.05, 3.63) is 58.4 Å². The molecule has 4 rings (SSSR count). The number of pyridine rings is 1. The lowest BCUT2D eigenvalue weighted by atomic mass is 10.00. The first-order valence-corrected chi connectivity index (χ1v) is 14.1. The number of aromatic nitrogens is 3. The lowest BCUT2D eigenvalue weighted by molar-refractivity contribution is -0.106. The van der Waals surface area contributed by atoms with Crippen LogP contribution in [0.1, 0.15) is 63.4 Å². The Labute approximate surface area is 246 Å². The van der Waals surface area contributed by atoms with Gasteiger partial charge in [0.1, 0.15) is 18.0 Å². The second kappa shape index (κ2) is 12.5. The standard InChI is InChI=1S/C30H38ClFN8O/c1-17(2)25-28(26(18(3)4)36-15-35-25)40(16-41)30-22(29(34-6)39-11-10-38(7)14-19(39)5)13-23(31)27(37-30)21-9-8-20(32)12-24(21)33/h8-9,12-13,15-19H,10-11,14,33H2,1-7H3/b34-29+. The number of halogens is 2. The molecule has 11 heteroatoms. The molecule has 1 saturated heterocycles. The second-order valence-corrected chi connectivity index (χ2v) is 11.5. The molecule has 9 nitrogen and oxygen atoms in total. The number of rotatable bonds is 7. The van der Waals surface area contributed by atoms with Crippen LogP contribution in [-0.4, -0.2) is 76.8 Å². The van der Waals surface area contributed by atoms with Crippen LogP contribution in [0.4, 0.5) is 21.6 Å². The Balaban J connectivity index is 2.05. The van der Waals surface area contributed by atoms with Crippen molar-refractivity contribution < 1.29 is 9.18 Å². The molecule has 1 unspecified atom stereocenters. The predicted octanol–water partition coefficient (Wildman–Crippen LogP) is 5.47. The van der Waals surface area contributed by atoms with Gasteiger partial charge in [-0.25, -0.2) is 19.3 Å². The van der Waals surface area contributed by atoms with Gasteiger partial charge in [0.25, 0.3) is 0 Å². The number of anilines is 3. The summed E-state index contributed by atoms with van der Waals surface area (Å²) in [4.78, 5) is 37.9. The number of aliphatic imine (C=N–C) groups is 1. The first kappa shape index (κ1) is 30.3. The zero-order valence-electron chi connectivity index (χ0n) is 24.7. The lowest BCUT2D eigenvalue weighted by Gasteiger charge is -2.40. The molecule has 2 N–H and O–H groups in total. The highest BCUT2D eigenvalue weighted by molar-refractivity contribution is 6.34. The topological polar surface area (TPSA) is 104 Å². The number of piperazine rings is 1. The van der Waals surface area contributed by atoms with E-state index < -0.39 is 5.82 Å². The number of carbonyl (C=O) groups is 1. The summed E-state index contributed by atoms with van der Waals surface area (Å²) >= 11 is 6.88. The summed E-state index contributed by atoms with van der Waals surface area (Å²) < 4.78 is 13.9. The van der Waals surface area contributed by atoms with Gasteiger partial charge in [0, 0.05) is 44.0 Å². The van der Waals surface area contributed by atoms with Crippen LogP contribution in [0.15, 0.2) is 35.6 Å². The third-order valence-electron chi connectivity index (χ3n) is 7.33. The average molecular weight is 581 g/mol. The number of amides is 1. The minimum absolute atomic E-state index is 0.00659. The molecule has 0 spiro atoms. The van der Waals surface area contributed by atoms with E-state index in [0.29, 0.717) is 50.6 Å². The van der Waals surface area contributed by atoms with E-state index in [1.807, 2.05) is 27.7 Å². The highest BCUT2D eigenvalue weighted by Crippen LogP contribution is 2.40. The van der Waals surface area contributed by atoms with Gasteiger partial charge in [-0.1, -0.05) is 39.3 Å². The highest BCUT2D eigenvalue weighted by atomic mass is 35.5. The molecule has 218 valence electrons. The minimum atomic E-state index is -0.470. The van der Waals surface area contributed by atoms with Crippen molar-refractivity contribution in [3.63, 3.8) is 0 Å². The number of hydrogen-bond donors (Lipinski definition) is 1. The maximum atomic E-state index is 13.9. The van der Waals surface area contributed by atoms with E-state index in [1.165, 1.54) is 29.4 Å². The van der Waals surface area contributed by atoms with Crippen LogP contribution in [0.2, 0.25) is 5.02 Å². The number of amidine groups is 1. The first-order chi connectivity index (χ1) is 19.5. The van der Waals surface area contributed by atoms with Gasteiger partial charge in [0.2, 0.25) is 6.41 Å². The Morgan fingerprint density at radius 1 is 1.17 bits per heavy atom. The predicted molar refractivity (Wildman–Crippen MR) is 164 cm³/mol. The van der Waals surface area contributed by atoms with Crippen molar-refractivity contribution in [2.75, 3.05) is 44.4 Å². The van der Waals surface area contributed by atoms with Gasteiger partial charge < -0.3 is 15.5 Å². The number of benzene rings is 1. The first-order valence-electron chi connectivity index (χ1n) is 13.8. The zero-order chi connectivity index (χ0) is 30.0. The van der Waals surface area contributed by atoms with E-state index in [9.17, 15) is 9.18 Å². The normalized spacial score (nSPS) is 16.5. The lowest BCUT2D eigenvalue weighted by Crippen LogP contribution is -2.53. The number of nitrogens with zero attached hydrogens (tertiary/aromatic N) is 7. The van der Waals surface area contributed by atoms with Crippen molar-refractivity contribution in [2.45, 2.75) is 52.5 Å². The zero-order valence-corrected chi connectivity index (χ0v) is 25.4. The maximum absolute atomic E-state index is 13.9. The van der Waals surface area contributed by atoms with Crippen LogP contribution in [0.25, 0.3) is 11.3 Å². The molecule has 0 bridgehead atoms. The smallest absolute Gasteiger partial charge is 0.220 e. The molecule has 2 aromatic heterocycles. The molecule has 0 aliphatic carbocycles. The van der Waals surface area contributed by atoms with E-state index >= 15 is 0 Å². The highest BCUT2D eigenvalue weighted by Gasteiger charge is 2.32. The summed E-state index contributed by atoms with van der Waals surface area (Å²) in [6, 6.07) is 5.98. The van der Waals surface area contributed by atoms with Gasteiger partial charge in [0.05, 0.1) is 33.4 Å². The fourth-order valence-corrected chi connectivity index (χ4v) is 5.58. The van der Waals surface area contributed by atoms with E-state index in [0.717, 1.165) is 26.0 Å². The van der Waals surface area contributed by atoms with E-state index in [1.54, 1.807) is 13.1 Å².